The molecule has 0 atom stereocenters. The normalized spacial score (nSPS) is 10.0. The molecule has 0 aliphatic heterocycles. The van der Waals surface area contributed by atoms with Gasteiger partial charge in [-0.25, -0.2) is 9.97 Å². The molecule has 5 heteroatoms. The summed E-state index contributed by atoms with van der Waals surface area (Å²) in [4.78, 5) is 8.16. The number of nitrogens with zero attached hydrogens (tertiary/aromatic N) is 3. The van der Waals surface area contributed by atoms with Crippen LogP contribution in [0.5, 0.6) is 0 Å². The van der Waals surface area contributed by atoms with Crippen LogP contribution in [-0.4, -0.2) is 26.7 Å². The van der Waals surface area contributed by atoms with Crippen LogP contribution in [0.4, 0.5) is 5.82 Å². The van der Waals surface area contributed by atoms with Gasteiger partial charge in [0, 0.05) is 19.2 Å². The maximum atomic E-state index is 4.14. The molecular formula is C9H11N5. The second-order valence-corrected chi connectivity index (χ2v) is 2.82. The van der Waals surface area contributed by atoms with Crippen molar-refractivity contribution in [1.29, 1.82) is 0 Å². The van der Waals surface area contributed by atoms with Crippen LogP contribution in [-0.2, 0) is 6.42 Å². The second kappa shape index (κ2) is 4.36. The number of aromatic nitrogens is 4. The summed E-state index contributed by atoms with van der Waals surface area (Å²) in [5.41, 5.74) is 0. The highest BCUT2D eigenvalue weighted by Gasteiger charge is 1.95. The van der Waals surface area contributed by atoms with E-state index in [9.17, 15) is 0 Å². The van der Waals surface area contributed by atoms with Crippen LogP contribution >= 0.6 is 0 Å². The lowest BCUT2D eigenvalue weighted by Crippen LogP contribution is -2.06. The van der Waals surface area contributed by atoms with Gasteiger partial charge >= 0.3 is 0 Å². The van der Waals surface area contributed by atoms with Gasteiger partial charge < -0.3 is 5.32 Å². The fourth-order valence-corrected chi connectivity index (χ4v) is 1.13. The highest BCUT2D eigenvalue weighted by Crippen LogP contribution is 1.99. The molecule has 0 saturated heterocycles. The lowest BCUT2D eigenvalue weighted by Gasteiger charge is -2.02. The number of anilines is 1. The van der Waals surface area contributed by atoms with Gasteiger partial charge in [0.25, 0.3) is 0 Å². The first-order valence-electron chi connectivity index (χ1n) is 4.44. The highest BCUT2D eigenvalue weighted by molar-refractivity contribution is 5.32. The van der Waals surface area contributed by atoms with E-state index in [2.05, 4.69) is 25.5 Å². The van der Waals surface area contributed by atoms with E-state index in [1.807, 2.05) is 18.2 Å². The van der Waals surface area contributed by atoms with Crippen LogP contribution in [0.2, 0.25) is 0 Å². The average molecular weight is 189 g/mol. The maximum absolute atomic E-state index is 4.14. The standard InChI is InChI=1S/C9H11N5/c1-2-5-10-8(3-1)11-6-4-9-12-7-13-14-9/h1-3,5,7H,4,6H2,(H,10,11)(H,12,13,14). The topological polar surface area (TPSA) is 66.5 Å². The largest absolute Gasteiger partial charge is 0.370 e. The van der Waals surface area contributed by atoms with Crippen molar-refractivity contribution in [3.05, 3.63) is 36.5 Å². The van der Waals surface area contributed by atoms with Gasteiger partial charge in [-0.1, -0.05) is 6.07 Å². The Morgan fingerprint density at radius 2 is 2.29 bits per heavy atom. The summed E-state index contributed by atoms with van der Waals surface area (Å²) in [6.45, 7) is 0.798. The van der Waals surface area contributed by atoms with Gasteiger partial charge in [0.1, 0.15) is 18.0 Å². The minimum absolute atomic E-state index is 0.798. The predicted molar refractivity (Wildman–Crippen MR) is 52.8 cm³/mol. The molecule has 2 aromatic rings. The lowest BCUT2D eigenvalue weighted by molar-refractivity contribution is 0.897. The Morgan fingerprint density at radius 1 is 1.29 bits per heavy atom. The summed E-state index contributed by atoms with van der Waals surface area (Å²) >= 11 is 0. The van der Waals surface area contributed by atoms with Crippen molar-refractivity contribution < 1.29 is 0 Å². The molecule has 0 spiro atoms. The summed E-state index contributed by atoms with van der Waals surface area (Å²) in [6.07, 6.45) is 4.09. The summed E-state index contributed by atoms with van der Waals surface area (Å²) < 4.78 is 0. The van der Waals surface area contributed by atoms with Gasteiger partial charge in [0.05, 0.1) is 0 Å². The van der Waals surface area contributed by atoms with Crippen LogP contribution in [0.1, 0.15) is 5.82 Å². The minimum atomic E-state index is 0.798. The predicted octanol–water partition coefficient (Wildman–Crippen LogP) is 0.854. The minimum Gasteiger partial charge on any atom is -0.370 e. The third-order valence-electron chi connectivity index (χ3n) is 1.80. The summed E-state index contributed by atoms with van der Waals surface area (Å²) in [6, 6.07) is 5.77. The Kier molecular flexibility index (Phi) is 2.70. The molecule has 2 aromatic heterocycles. The van der Waals surface area contributed by atoms with Crippen molar-refractivity contribution in [2.75, 3.05) is 11.9 Å². The van der Waals surface area contributed by atoms with E-state index in [0.29, 0.717) is 0 Å². The molecule has 14 heavy (non-hydrogen) atoms. The van der Waals surface area contributed by atoms with E-state index < -0.39 is 0 Å². The Balaban J connectivity index is 1.79. The Labute approximate surface area is 81.6 Å². The molecule has 0 aromatic carbocycles. The molecule has 0 saturated carbocycles. The van der Waals surface area contributed by atoms with Crippen LogP contribution in [0, 0.1) is 0 Å². The quantitative estimate of drug-likeness (QED) is 0.748. The Hall–Kier alpha value is -1.91. The van der Waals surface area contributed by atoms with Gasteiger partial charge in [-0.2, -0.15) is 5.10 Å². The van der Waals surface area contributed by atoms with Crippen molar-refractivity contribution in [2.45, 2.75) is 6.42 Å². The number of nitrogens with one attached hydrogen (secondary N) is 2. The Bertz CT molecular complexity index is 356. The molecular weight excluding hydrogens is 178 g/mol. The van der Waals surface area contributed by atoms with E-state index in [4.69, 9.17) is 0 Å². The monoisotopic (exact) mass is 189 g/mol. The van der Waals surface area contributed by atoms with E-state index in [-0.39, 0.29) is 0 Å². The number of hydrogen-bond acceptors (Lipinski definition) is 4. The molecule has 0 aliphatic rings. The van der Waals surface area contributed by atoms with Gasteiger partial charge in [-0.15, -0.1) is 0 Å². The summed E-state index contributed by atoms with van der Waals surface area (Å²) in [7, 11) is 0. The molecule has 2 N–H and O–H groups in total. The summed E-state index contributed by atoms with van der Waals surface area (Å²) in [5.74, 6) is 1.76. The molecule has 5 nitrogen and oxygen atoms in total. The van der Waals surface area contributed by atoms with Gasteiger partial charge in [-0.3, -0.25) is 5.10 Å². The second-order valence-electron chi connectivity index (χ2n) is 2.82. The fraction of sp³-hybridized carbons (Fsp3) is 0.222. The molecule has 72 valence electrons. The molecule has 2 rings (SSSR count). The number of rotatable bonds is 4. The van der Waals surface area contributed by atoms with Crippen LogP contribution < -0.4 is 5.32 Å². The van der Waals surface area contributed by atoms with E-state index in [1.54, 1.807) is 6.20 Å². The van der Waals surface area contributed by atoms with Crippen LogP contribution in [0.15, 0.2) is 30.7 Å². The molecule has 0 radical (unpaired) electrons. The zero-order valence-electron chi connectivity index (χ0n) is 7.64. The fourth-order valence-electron chi connectivity index (χ4n) is 1.13. The molecule has 0 unspecified atom stereocenters. The van der Waals surface area contributed by atoms with E-state index in [0.717, 1.165) is 24.6 Å². The van der Waals surface area contributed by atoms with Crippen LogP contribution in [0.3, 0.4) is 0 Å². The van der Waals surface area contributed by atoms with E-state index >= 15 is 0 Å². The van der Waals surface area contributed by atoms with Crippen molar-refractivity contribution >= 4 is 5.82 Å². The molecule has 0 fully saturated rings. The third kappa shape index (κ3) is 2.29. The van der Waals surface area contributed by atoms with Gasteiger partial charge in [0.15, 0.2) is 0 Å². The van der Waals surface area contributed by atoms with Crippen molar-refractivity contribution in [1.82, 2.24) is 20.2 Å². The number of hydrogen-bond donors (Lipinski definition) is 2. The molecule has 2 heterocycles. The molecule has 0 aliphatic carbocycles. The first-order chi connectivity index (χ1) is 6.95. The van der Waals surface area contributed by atoms with Crippen molar-refractivity contribution in [3.8, 4) is 0 Å². The lowest BCUT2D eigenvalue weighted by atomic mass is 10.4. The van der Waals surface area contributed by atoms with E-state index in [1.165, 1.54) is 6.33 Å². The van der Waals surface area contributed by atoms with Gasteiger partial charge in [-0.05, 0) is 12.1 Å². The first kappa shape index (κ1) is 8.68. The highest BCUT2D eigenvalue weighted by atomic mass is 15.2. The van der Waals surface area contributed by atoms with Crippen molar-refractivity contribution in [3.63, 3.8) is 0 Å². The maximum Gasteiger partial charge on any atom is 0.137 e. The zero-order valence-corrected chi connectivity index (χ0v) is 7.64. The van der Waals surface area contributed by atoms with Gasteiger partial charge in [0.2, 0.25) is 0 Å². The molecule has 0 bridgehead atoms. The number of H-pyrrole nitrogens is 1. The average Bonchev–Trinajstić information content (AvgIpc) is 2.72. The number of pyridine rings is 1. The number of aromatic amines is 1. The Morgan fingerprint density at radius 3 is 3.00 bits per heavy atom. The zero-order chi connectivity index (χ0) is 9.64. The SMILES string of the molecule is c1ccc(NCCc2ncn[nH]2)nc1. The van der Waals surface area contributed by atoms with Crippen molar-refractivity contribution in [2.24, 2.45) is 0 Å². The summed E-state index contributed by atoms with van der Waals surface area (Å²) in [5, 5.41) is 9.75. The smallest absolute Gasteiger partial charge is 0.137 e. The first-order valence-corrected chi connectivity index (χ1v) is 4.44. The third-order valence-corrected chi connectivity index (χ3v) is 1.80. The van der Waals surface area contributed by atoms with Crippen LogP contribution in [0.25, 0.3) is 0 Å². The molecule has 0 amide bonds.